The largest absolute Gasteiger partial charge is 0.458 e. The molecule has 0 aliphatic heterocycles. The van der Waals surface area contributed by atoms with Crippen molar-refractivity contribution in [2.45, 2.75) is 77.4 Å². The van der Waals surface area contributed by atoms with Crippen LogP contribution in [0, 0.1) is 17.8 Å². The Balaban J connectivity index is 1.99. The third kappa shape index (κ3) is 4.58. The lowest BCUT2D eigenvalue weighted by Crippen LogP contribution is -2.59. The van der Waals surface area contributed by atoms with Crippen molar-refractivity contribution in [1.82, 2.24) is 15.3 Å². The standard InChI is InChI=1S/C21H28ClF2N3O3/c1-11-6-12-8-13(7-11)21(9-12,17(29)30-19(2,3)4)27-16(28)14-10-25-18(22)26-15(14)20(5,23)24/h10-13H,6-9H2,1-5H3,(H,27,28). The molecular formula is C21H28ClF2N3O3. The number of esters is 1. The third-order valence-electron chi connectivity index (χ3n) is 5.87. The number of fused-ring (bicyclic) bond motifs is 2. The number of ether oxygens (including phenoxy) is 1. The second-order valence-corrected chi connectivity index (χ2v) is 10.1. The first kappa shape index (κ1) is 22.8. The maximum Gasteiger partial charge on any atom is 0.332 e. The predicted molar refractivity (Wildman–Crippen MR) is 107 cm³/mol. The summed E-state index contributed by atoms with van der Waals surface area (Å²) >= 11 is 5.68. The van der Waals surface area contributed by atoms with Gasteiger partial charge in [0.1, 0.15) is 16.8 Å². The molecule has 0 radical (unpaired) electrons. The van der Waals surface area contributed by atoms with Gasteiger partial charge in [-0.25, -0.2) is 14.8 Å². The molecule has 30 heavy (non-hydrogen) atoms. The van der Waals surface area contributed by atoms with E-state index in [0.717, 1.165) is 25.5 Å². The number of nitrogens with zero attached hydrogens (tertiary/aromatic N) is 2. The highest BCUT2D eigenvalue weighted by atomic mass is 35.5. The highest BCUT2D eigenvalue weighted by Gasteiger charge is 2.57. The highest BCUT2D eigenvalue weighted by Crippen LogP contribution is 2.51. The van der Waals surface area contributed by atoms with Crippen LogP contribution in [0.1, 0.15) is 76.4 Å². The topological polar surface area (TPSA) is 81.2 Å². The van der Waals surface area contributed by atoms with E-state index in [1.54, 1.807) is 20.8 Å². The number of rotatable bonds is 4. The maximum atomic E-state index is 14.1. The first-order valence-corrected chi connectivity index (χ1v) is 10.6. The van der Waals surface area contributed by atoms with Crippen LogP contribution in [-0.4, -0.2) is 33.0 Å². The molecule has 2 fully saturated rings. The van der Waals surface area contributed by atoms with Crippen molar-refractivity contribution in [2.75, 3.05) is 0 Å². The minimum Gasteiger partial charge on any atom is -0.458 e. The lowest BCUT2D eigenvalue weighted by Gasteiger charge is -2.37. The van der Waals surface area contributed by atoms with E-state index < -0.39 is 40.2 Å². The van der Waals surface area contributed by atoms with Crippen LogP contribution in [0.5, 0.6) is 0 Å². The molecule has 2 bridgehead atoms. The normalized spacial score (nSPS) is 28.9. The summed E-state index contributed by atoms with van der Waals surface area (Å²) in [6, 6.07) is 0. The number of amides is 1. The van der Waals surface area contributed by atoms with E-state index in [0.29, 0.717) is 19.3 Å². The summed E-state index contributed by atoms with van der Waals surface area (Å²) in [5, 5.41) is 2.41. The molecule has 6 nitrogen and oxygen atoms in total. The predicted octanol–water partition coefficient (Wildman–Crippen LogP) is 4.51. The number of halogens is 3. The fourth-order valence-electron chi connectivity index (χ4n) is 4.89. The number of nitrogens with one attached hydrogen (secondary N) is 1. The van der Waals surface area contributed by atoms with Crippen LogP contribution < -0.4 is 5.32 Å². The zero-order chi connectivity index (χ0) is 22.5. The Morgan fingerprint density at radius 3 is 2.50 bits per heavy atom. The van der Waals surface area contributed by atoms with Gasteiger partial charge in [0, 0.05) is 13.1 Å². The molecule has 4 atom stereocenters. The number of carbonyl (C=O) groups excluding carboxylic acids is 2. The van der Waals surface area contributed by atoms with Gasteiger partial charge in [-0.05, 0) is 75.8 Å². The van der Waals surface area contributed by atoms with Crippen molar-refractivity contribution < 1.29 is 23.1 Å². The molecule has 0 spiro atoms. The SMILES string of the molecule is CC1CC2CC(C1)C(NC(=O)c1cnc(Cl)nc1C(C)(F)F)(C(=O)OC(C)(C)C)C2. The summed E-state index contributed by atoms with van der Waals surface area (Å²) in [7, 11) is 0. The average Bonchev–Trinajstić information content (AvgIpc) is 2.83. The van der Waals surface area contributed by atoms with Gasteiger partial charge in [-0.1, -0.05) is 6.92 Å². The fourth-order valence-corrected chi connectivity index (χ4v) is 5.02. The second-order valence-electron chi connectivity index (χ2n) is 9.80. The van der Waals surface area contributed by atoms with Gasteiger partial charge in [0.2, 0.25) is 5.28 Å². The van der Waals surface area contributed by atoms with Crippen LogP contribution in [0.2, 0.25) is 5.28 Å². The molecule has 1 heterocycles. The van der Waals surface area contributed by atoms with Gasteiger partial charge in [-0.3, -0.25) is 4.79 Å². The van der Waals surface area contributed by atoms with Crippen LogP contribution >= 0.6 is 11.6 Å². The van der Waals surface area contributed by atoms with Crippen LogP contribution in [0.15, 0.2) is 6.20 Å². The molecule has 3 rings (SSSR count). The van der Waals surface area contributed by atoms with E-state index in [-0.39, 0.29) is 17.1 Å². The van der Waals surface area contributed by atoms with Crippen molar-refractivity contribution in [3.8, 4) is 0 Å². The average molecular weight is 444 g/mol. The fraction of sp³-hybridized carbons (Fsp3) is 0.714. The Bertz CT molecular complexity index is 853. The van der Waals surface area contributed by atoms with Gasteiger partial charge in [0.05, 0.1) is 5.56 Å². The summed E-state index contributed by atoms with van der Waals surface area (Å²) in [6.45, 7) is 8.03. The zero-order valence-electron chi connectivity index (χ0n) is 17.9. The summed E-state index contributed by atoms with van der Waals surface area (Å²) in [6.07, 6.45) is 3.90. The molecular weight excluding hydrogens is 416 g/mol. The Morgan fingerprint density at radius 2 is 1.90 bits per heavy atom. The van der Waals surface area contributed by atoms with E-state index >= 15 is 0 Å². The van der Waals surface area contributed by atoms with Crippen LogP contribution in [-0.2, 0) is 15.5 Å². The van der Waals surface area contributed by atoms with E-state index in [2.05, 4.69) is 22.2 Å². The smallest absolute Gasteiger partial charge is 0.332 e. The maximum absolute atomic E-state index is 14.1. The van der Waals surface area contributed by atoms with Crippen LogP contribution in [0.4, 0.5) is 8.78 Å². The lowest BCUT2D eigenvalue weighted by molar-refractivity contribution is -0.164. The monoisotopic (exact) mass is 443 g/mol. The van der Waals surface area contributed by atoms with E-state index in [1.807, 2.05) is 0 Å². The van der Waals surface area contributed by atoms with Gasteiger partial charge in [-0.2, -0.15) is 8.78 Å². The summed E-state index contributed by atoms with van der Waals surface area (Å²) in [5.41, 5.74) is -3.18. The summed E-state index contributed by atoms with van der Waals surface area (Å²) in [5.74, 6) is -4.20. The van der Waals surface area contributed by atoms with E-state index in [1.165, 1.54) is 0 Å². The Hall–Kier alpha value is -1.83. The molecule has 1 amide bonds. The number of hydrogen-bond acceptors (Lipinski definition) is 5. The first-order valence-electron chi connectivity index (χ1n) is 10.2. The number of hydrogen-bond donors (Lipinski definition) is 1. The van der Waals surface area contributed by atoms with Gasteiger partial charge < -0.3 is 10.1 Å². The first-order chi connectivity index (χ1) is 13.7. The molecule has 1 N–H and O–H groups in total. The van der Waals surface area contributed by atoms with Gasteiger partial charge in [-0.15, -0.1) is 0 Å². The molecule has 0 aromatic carbocycles. The minimum absolute atomic E-state index is 0.121. The summed E-state index contributed by atoms with van der Waals surface area (Å²) in [4.78, 5) is 33.7. The van der Waals surface area contributed by atoms with Crippen molar-refractivity contribution in [3.05, 3.63) is 22.7 Å². The van der Waals surface area contributed by atoms with Gasteiger partial charge in [0.25, 0.3) is 11.8 Å². The second kappa shape index (κ2) is 7.70. The Kier molecular flexibility index (Phi) is 5.86. The number of carbonyl (C=O) groups is 2. The van der Waals surface area contributed by atoms with Crippen molar-refractivity contribution in [3.63, 3.8) is 0 Å². The molecule has 2 saturated carbocycles. The number of aromatic nitrogens is 2. The molecule has 2 aliphatic carbocycles. The molecule has 166 valence electrons. The zero-order valence-corrected chi connectivity index (χ0v) is 18.6. The van der Waals surface area contributed by atoms with E-state index in [9.17, 15) is 18.4 Å². The van der Waals surface area contributed by atoms with Crippen LogP contribution in [0.3, 0.4) is 0 Å². The van der Waals surface area contributed by atoms with Crippen molar-refractivity contribution >= 4 is 23.5 Å². The Morgan fingerprint density at radius 1 is 1.23 bits per heavy atom. The quantitative estimate of drug-likeness (QED) is 0.547. The van der Waals surface area contributed by atoms with Gasteiger partial charge in [0.15, 0.2) is 0 Å². The molecule has 1 aromatic rings. The number of alkyl halides is 2. The Labute approximate surface area is 180 Å². The highest BCUT2D eigenvalue weighted by molar-refractivity contribution is 6.28. The van der Waals surface area contributed by atoms with Gasteiger partial charge >= 0.3 is 5.97 Å². The molecule has 4 unspecified atom stereocenters. The molecule has 2 aliphatic rings. The molecule has 1 aromatic heterocycles. The third-order valence-corrected chi connectivity index (χ3v) is 6.05. The van der Waals surface area contributed by atoms with Crippen molar-refractivity contribution in [2.24, 2.45) is 17.8 Å². The summed E-state index contributed by atoms with van der Waals surface area (Å²) < 4.78 is 33.8. The van der Waals surface area contributed by atoms with E-state index in [4.69, 9.17) is 16.3 Å². The molecule has 0 saturated heterocycles. The lowest BCUT2D eigenvalue weighted by atomic mass is 9.78. The van der Waals surface area contributed by atoms with Crippen molar-refractivity contribution in [1.29, 1.82) is 0 Å². The van der Waals surface area contributed by atoms with Crippen LogP contribution in [0.25, 0.3) is 0 Å². The molecule has 9 heteroatoms. The minimum atomic E-state index is -3.40.